The second-order valence-corrected chi connectivity index (χ2v) is 8.60. The quantitative estimate of drug-likeness (QED) is 0.819. The first-order chi connectivity index (χ1) is 13.1. The van der Waals surface area contributed by atoms with E-state index in [-0.39, 0.29) is 23.9 Å². The zero-order valence-electron chi connectivity index (χ0n) is 15.3. The van der Waals surface area contributed by atoms with Crippen molar-refractivity contribution in [3.05, 3.63) is 57.8 Å². The van der Waals surface area contributed by atoms with Gasteiger partial charge in [-0.1, -0.05) is 37.3 Å². The van der Waals surface area contributed by atoms with E-state index < -0.39 is 5.72 Å². The molecule has 3 atom stereocenters. The summed E-state index contributed by atoms with van der Waals surface area (Å²) in [6, 6.07) is 13.7. The Balaban J connectivity index is 1.44. The van der Waals surface area contributed by atoms with E-state index in [9.17, 15) is 9.59 Å². The number of benzene rings is 1. The molecule has 1 spiro atoms. The molecular weight excluding hydrogens is 360 g/mol. The largest absolute Gasteiger partial charge is 0.351 e. The van der Waals surface area contributed by atoms with Crippen molar-refractivity contribution in [2.24, 2.45) is 0 Å². The van der Waals surface area contributed by atoms with Gasteiger partial charge in [0.2, 0.25) is 5.91 Å². The predicted molar refractivity (Wildman–Crippen MR) is 102 cm³/mol. The molecule has 1 aromatic heterocycles. The third-order valence-corrected chi connectivity index (χ3v) is 7.34. The van der Waals surface area contributed by atoms with Gasteiger partial charge in [0.1, 0.15) is 0 Å². The number of rotatable bonds is 3. The van der Waals surface area contributed by atoms with Crippen LogP contribution in [0.5, 0.6) is 0 Å². The van der Waals surface area contributed by atoms with Gasteiger partial charge in [-0.15, -0.1) is 11.3 Å². The first kappa shape index (κ1) is 17.0. The lowest BCUT2D eigenvalue weighted by Gasteiger charge is -2.33. The van der Waals surface area contributed by atoms with Gasteiger partial charge in [-0.2, -0.15) is 0 Å². The van der Waals surface area contributed by atoms with E-state index in [4.69, 9.17) is 4.74 Å². The van der Waals surface area contributed by atoms with Gasteiger partial charge in [0.15, 0.2) is 5.72 Å². The van der Waals surface area contributed by atoms with Crippen LogP contribution in [-0.4, -0.2) is 46.5 Å². The van der Waals surface area contributed by atoms with Crippen LogP contribution in [0.25, 0.3) is 0 Å². The second-order valence-electron chi connectivity index (χ2n) is 7.43. The van der Waals surface area contributed by atoms with Crippen molar-refractivity contribution in [3.63, 3.8) is 0 Å². The summed E-state index contributed by atoms with van der Waals surface area (Å²) in [5.74, 6) is 0.118. The summed E-state index contributed by atoms with van der Waals surface area (Å²) in [7, 11) is 0. The predicted octanol–water partition coefficient (Wildman–Crippen LogP) is 3.23. The van der Waals surface area contributed by atoms with E-state index in [1.165, 1.54) is 4.88 Å². The number of carbonyl (C=O) groups excluding carboxylic acids is 2. The van der Waals surface area contributed by atoms with Crippen LogP contribution in [0, 0.1) is 0 Å². The molecule has 0 saturated carbocycles. The van der Waals surface area contributed by atoms with Crippen LogP contribution in [-0.2, 0) is 16.0 Å². The average Bonchev–Trinajstić information content (AvgIpc) is 3.43. The Morgan fingerprint density at radius 1 is 1.26 bits per heavy atom. The summed E-state index contributed by atoms with van der Waals surface area (Å²) in [5, 5.41) is 0. The van der Waals surface area contributed by atoms with Gasteiger partial charge in [0, 0.05) is 17.8 Å². The molecule has 0 aliphatic carbocycles. The molecule has 0 radical (unpaired) electrons. The summed E-state index contributed by atoms with van der Waals surface area (Å²) in [4.78, 5) is 31.8. The minimum Gasteiger partial charge on any atom is -0.351 e. The summed E-state index contributed by atoms with van der Waals surface area (Å²) in [6.07, 6.45) is 1.96. The van der Waals surface area contributed by atoms with E-state index in [1.54, 1.807) is 11.3 Å². The lowest BCUT2D eigenvalue weighted by atomic mass is 10.0. The number of hydrogen-bond acceptors (Lipinski definition) is 4. The minimum absolute atomic E-state index is 0.0305. The first-order valence-electron chi connectivity index (χ1n) is 9.55. The molecule has 3 aliphatic rings. The van der Waals surface area contributed by atoms with Crippen LogP contribution in [0.3, 0.4) is 0 Å². The van der Waals surface area contributed by atoms with Gasteiger partial charge in [-0.3, -0.25) is 9.59 Å². The molecule has 0 N–H and O–H groups in total. The smallest absolute Gasteiger partial charge is 0.264 e. The van der Waals surface area contributed by atoms with Crippen LogP contribution in [0.15, 0.2) is 42.5 Å². The van der Waals surface area contributed by atoms with Crippen molar-refractivity contribution >= 4 is 23.2 Å². The normalized spacial score (nSPS) is 29.3. The molecule has 2 amide bonds. The van der Waals surface area contributed by atoms with Gasteiger partial charge in [-0.25, -0.2) is 0 Å². The summed E-state index contributed by atoms with van der Waals surface area (Å²) >= 11 is 1.55. The van der Waals surface area contributed by atoms with Gasteiger partial charge in [0.05, 0.1) is 30.0 Å². The molecule has 6 heteroatoms. The van der Waals surface area contributed by atoms with Crippen molar-refractivity contribution in [2.45, 2.75) is 44.0 Å². The molecule has 0 unspecified atom stereocenters. The standard InChI is InChI=1S/C21H22N2O3S/c1-2-15-8-9-17(27-15)20(25)22-11-10-21-18(22)12-19(24)23(21)16(13-26-21)14-6-4-3-5-7-14/h3-9,16,18H,2,10-13H2,1H3/t16-,18+,21-/m0/s1. The zero-order chi connectivity index (χ0) is 18.6. The van der Waals surface area contributed by atoms with E-state index in [0.29, 0.717) is 26.0 Å². The van der Waals surface area contributed by atoms with Gasteiger partial charge >= 0.3 is 0 Å². The minimum atomic E-state index is -0.655. The van der Waals surface area contributed by atoms with E-state index in [1.807, 2.05) is 52.3 Å². The Morgan fingerprint density at radius 2 is 2.07 bits per heavy atom. The highest BCUT2D eigenvalue weighted by Gasteiger charge is 2.65. The summed E-state index contributed by atoms with van der Waals surface area (Å²) < 4.78 is 6.28. The zero-order valence-corrected chi connectivity index (χ0v) is 16.1. The molecule has 5 nitrogen and oxygen atoms in total. The molecule has 1 aromatic carbocycles. The Kier molecular flexibility index (Phi) is 3.88. The fourth-order valence-electron chi connectivity index (χ4n) is 4.83. The van der Waals surface area contributed by atoms with Crippen molar-refractivity contribution in [1.82, 2.24) is 9.80 Å². The number of hydrogen-bond donors (Lipinski definition) is 0. The SMILES string of the molecule is CCc1ccc(C(=O)N2CC[C@@]34OC[C@@H](c5ccccc5)N3C(=O)C[C@@H]24)s1. The molecule has 3 saturated heterocycles. The van der Waals surface area contributed by atoms with Gasteiger partial charge in [0.25, 0.3) is 5.91 Å². The second kappa shape index (κ2) is 6.17. The Labute approximate surface area is 162 Å². The molecule has 3 fully saturated rings. The molecule has 2 aromatic rings. The number of carbonyl (C=O) groups is 2. The molecule has 140 valence electrons. The van der Waals surface area contributed by atoms with Crippen LogP contribution < -0.4 is 0 Å². The lowest BCUT2D eigenvalue weighted by molar-refractivity contribution is -0.138. The van der Waals surface area contributed by atoms with Crippen LogP contribution >= 0.6 is 11.3 Å². The third-order valence-electron chi connectivity index (χ3n) is 6.12. The van der Waals surface area contributed by atoms with Crippen LogP contribution in [0.4, 0.5) is 0 Å². The molecule has 3 aliphatic heterocycles. The first-order valence-corrected chi connectivity index (χ1v) is 10.4. The Hall–Kier alpha value is -2.18. The molecule has 0 bridgehead atoms. The maximum Gasteiger partial charge on any atom is 0.264 e. The van der Waals surface area contributed by atoms with Gasteiger partial charge in [-0.05, 0) is 24.1 Å². The molecular formula is C21H22N2O3S. The number of nitrogens with zero attached hydrogens (tertiary/aromatic N) is 2. The number of thiophene rings is 1. The average molecular weight is 382 g/mol. The monoisotopic (exact) mass is 382 g/mol. The van der Waals surface area contributed by atoms with Crippen molar-refractivity contribution < 1.29 is 14.3 Å². The van der Waals surface area contributed by atoms with Crippen molar-refractivity contribution in [2.75, 3.05) is 13.2 Å². The summed E-state index contributed by atoms with van der Waals surface area (Å²) in [6.45, 7) is 3.22. The molecule has 4 heterocycles. The third kappa shape index (κ3) is 2.39. The maximum absolute atomic E-state index is 13.1. The van der Waals surface area contributed by atoms with Crippen molar-refractivity contribution in [1.29, 1.82) is 0 Å². The highest BCUT2D eigenvalue weighted by atomic mass is 32.1. The van der Waals surface area contributed by atoms with Crippen LogP contribution in [0.2, 0.25) is 0 Å². The van der Waals surface area contributed by atoms with E-state index >= 15 is 0 Å². The van der Waals surface area contributed by atoms with E-state index in [2.05, 4.69) is 6.92 Å². The molecule has 27 heavy (non-hydrogen) atoms. The lowest BCUT2D eigenvalue weighted by Crippen LogP contribution is -2.49. The topological polar surface area (TPSA) is 49.9 Å². The molecule has 5 rings (SSSR count). The number of ether oxygens (including phenoxy) is 1. The van der Waals surface area contributed by atoms with Crippen molar-refractivity contribution in [3.8, 4) is 0 Å². The summed E-state index contributed by atoms with van der Waals surface area (Å²) in [5.41, 5.74) is 0.442. The highest BCUT2D eigenvalue weighted by Crippen LogP contribution is 2.51. The van der Waals surface area contributed by atoms with E-state index in [0.717, 1.165) is 16.9 Å². The number of aryl methyl sites for hydroxylation is 1. The fraction of sp³-hybridized carbons (Fsp3) is 0.429. The Bertz CT molecular complexity index is 896. The number of likely N-dealkylation sites (tertiary alicyclic amines) is 1. The maximum atomic E-state index is 13.1. The Morgan fingerprint density at radius 3 is 2.81 bits per heavy atom. The fourth-order valence-corrected chi connectivity index (χ4v) is 5.74. The highest BCUT2D eigenvalue weighted by molar-refractivity contribution is 7.14. The number of amides is 2. The van der Waals surface area contributed by atoms with Crippen LogP contribution in [0.1, 0.15) is 45.9 Å². The van der Waals surface area contributed by atoms with Gasteiger partial charge < -0.3 is 14.5 Å².